The lowest BCUT2D eigenvalue weighted by molar-refractivity contribution is -0.156. The molecule has 0 unspecified atom stereocenters. The maximum atomic E-state index is 11.6. The Hall–Kier alpha value is -2.06. The van der Waals surface area contributed by atoms with Crippen molar-refractivity contribution in [3.8, 4) is 0 Å². The Morgan fingerprint density at radius 2 is 0.299 bits per heavy atom. The van der Waals surface area contributed by atoms with E-state index >= 15 is 0 Å². The zero-order valence-corrected chi connectivity index (χ0v) is 53.1. The summed E-state index contributed by atoms with van der Waals surface area (Å²) >= 11 is 0. The monoisotopic (exact) mass is 1270 g/mol. The summed E-state index contributed by atoms with van der Waals surface area (Å²) in [6.45, 7) is 28.4. The van der Waals surface area contributed by atoms with Gasteiger partial charge in [0.25, 0.3) is 0 Å². The van der Waals surface area contributed by atoms with Crippen LogP contribution >= 0.6 is 0 Å². The molecule has 0 heterocycles. The average molecular weight is 1280 g/mol. The summed E-state index contributed by atoms with van der Waals surface area (Å²) in [5, 5.41) is 8.52. The standard InChI is InChI=1S/C58H114O29/c1-58(2,3)87-57(61)5-7-63-9-11-65-13-15-67-17-19-69-21-23-71-25-27-73-29-31-75-33-35-77-37-39-79-41-43-81-45-47-83-49-51-85-53-55-86-54-52-84-50-48-82-46-44-80-42-40-78-38-36-76-34-32-74-30-28-72-26-24-70-22-20-68-18-16-66-14-12-64-10-8-62-6-4-56(59)60/h4-55H2,1-3H3,(H,59,60). The van der Waals surface area contributed by atoms with E-state index in [0.717, 1.165) is 0 Å². The Labute approximate surface area is 518 Å². The Balaban J connectivity index is 3.10. The lowest BCUT2D eigenvalue weighted by Gasteiger charge is -2.19. The van der Waals surface area contributed by atoms with Crippen molar-refractivity contribution in [2.75, 3.05) is 330 Å². The topological polar surface area (TPSA) is 294 Å². The van der Waals surface area contributed by atoms with Gasteiger partial charge in [0.2, 0.25) is 0 Å². The summed E-state index contributed by atoms with van der Waals surface area (Å²) in [5.74, 6) is -1.15. The first-order valence-corrected chi connectivity index (χ1v) is 30.7. The number of carbonyl (C=O) groups is 2. The first-order valence-electron chi connectivity index (χ1n) is 30.7. The number of rotatable bonds is 78. The average Bonchev–Trinajstić information content (AvgIpc) is 3.51. The molecule has 29 nitrogen and oxygen atoms in total. The molecule has 0 saturated heterocycles. The van der Waals surface area contributed by atoms with Crippen molar-refractivity contribution in [3.63, 3.8) is 0 Å². The molecule has 0 saturated carbocycles. The van der Waals surface area contributed by atoms with Gasteiger partial charge < -0.3 is 128 Å². The Morgan fingerprint density at radius 1 is 0.195 bits per heavy atom. The number of hydrogen-bond acceptors (Lipinski definition) is 28. The maximum Gasteiger partial charge on any atom is 0.308 e. The van der Waals surface area contributed by atoms with Gasteiger partial charge in [-0.3, -0.25) is 9.59 Å². The fraction of sp³-hybridized carbons (Fsp3) is 0.966. The molecule has 87 heavy (non-hydrogen) atoms. The highest BCUT2D eigenvalue weighted by molar-refractivity contribution is 5.69. The number of ether oxygens (including phenoxy) is 26. The van der Waals surface area contributed by atoms with E-state index in [1.807, 2.05) is 20.8 Å². The third-order valence-electron chi connectivity index (χ3n) is 10.3. The van der Waals surface area contributed by atoms with Crippen LogP contribution < -0.4 is 0 Å². The van der Waals surface area contributed by atoms with Crippen LogP contribution in [0.25, 0.3) is 0 Å². The summed E-state index contributed by atoms with van der Waals surface area (Å²) in [7, 11) is 0. The molecular weight excluding hydrogens is 1160 g/mol. The summed E-state index contributed by atoms with van der Waals surface area (Å²) in [5.41, 5.74) is -0.485. The minimum atomic E-state index is -0.881. The molecule has 0 spiro atoms. The van der Waals surface area contributed by atoms with Crippen LogP contribution in [0.3, 0.4) is 0 Å². The van der Waals surface area contributed by atoms with Gasteiger partial charge in [-0.15, -0.1) is 0 Å². The molecule has 0 aromatic rings. The zero-order chi connectivity index (χ0) is 62.8. The van der Waals surface area contributed by atoms with Gasteiger partial charge in [0, 0.05) is 0 Å². The van der Waals surface area contributed by atoms with Gasteiger partial charge in [0.15, 0.2) is 0 Å². The number of aliphatic carboxylic acids is 1. The molecule has 1 N–H and O–H groups in total. The highest BCUT2D eigenvalue weighted by Crippen LogP contribution is 2.08. The second-order valence-corrected chi connectivity index (χ2v) is 18.8. The second kappa shape index (κ2) is 74.7. The minimum absolute atomic E-state index is 0.0110. The molecule has 0 aromatic carbocycles. The molecule has 0 bridgehead atoms. The van der Waals surface area contributed by atoms with Crippen molar-refractivity contribution in [2.24, 2.45) is 0 Å². The molecule has 0 amide bonds. The SMILES string of the molecule is CC(C)(C)OC(=O)CCOCCOCCOCCOCCOCCOCCOCCOCCOCCOCCOCCOCCOCCOCCOCCOCCOCCOCCOCCOCCOCCOCCOCCOCCOCCC(=O)O. The molecule has 0 atom stereocenters. The van der Waals surface area contributed by atoms with Crippen LogP contribution in [0.15, 0.2) is 0 Å². The van der Waals surface area contributed by atoms with E-state index in [1.165, 1.54) is 0 Å². The predicted octanol–water partition coefficient (Wildman–Crippen LogP) is 1.61. The van der Waals surface area contributed by atoms with E-state index in [1.54, 1.807) is 0 Å². The zero-order valence-electron chi connectivity index (χ0n) is 53.1. The van der Waals surface area contributed by atoms with Gasteiger partial charge in [-0.05, 0) is 20.8 Å². The van der Waals surface area contributed by atoms with Gasteiger partial charge in [-0.1, -0.05) is 0 Å². The van der Waals surface area contributed by atoms with E-state index in [4.69, 9.17) is 128 Å². The second-order valence-electron chi connectivity index (χ2n) is 18.8. The van der Waals surface area contributed by atoms with E-state index < -0.39 is 11.6 Å². The first-order chi connectivity index (χ1) is 42.8. The fourth-order valence-corrected chi connectivity index (χ4v) is 6.09. The van der Waals surface area contributed by atoms with E-state index in [2.05, 4.69) is 0 Å². The van der Waals surface area contributed by atoms with Gasteiger partial charge in [-0.2, -0.15) is 0 Å². The number of carbonyl (C=O) groups excluding carboxylic acids is 1. The van der Waals surface area contributed by atoms with Crippen molar-refractivity contribution in [3.05, 3.63) is 0 Å². The van der Waals surface area contributed by atoms with Crippen LogP contribution in [0.5, 0.6) is 0 Å². The van der Waals surface area contributed by atoms with Gasteiger partial charge in [-0.25, -0.2) is 0 Å². The Morgan fingerprint density at radius 3 is 0.402 bits per heavy atom. The van der Waals surface area contributed by atoms with Crippen molar-refractivity contribution >= 4 is 11.9 Å². The predicted molar refractivity (Wildman–Crippen MR) is 313 cm³/mol. The van der Waals surface area contributed by atoms with Crippen LogP contribution in [-0.2, 0) is 133 Å². The van der Waals surface area contributed by atoms with Gasteiger partial charge >= 0.3 is 11.9 Å². The molecule has 0 aliphatic heterocycles. The fourth-order valence-electron chi connectivity index (χ4n) is 6.09. The quantitative estimate of drug-likeness (QED) is 0.0668. The van der Waals surface area contributed by atoms with Gasteiger partial charge in [0.1, 0.15) is 5.60 Å². The molecule has 29 heteroatoms. The highest BCUT2D eigenvalue weighted by Gasteiger charge is 2.15. The van der Waals surface area contributed by atoms with Crippen molar-refractivity contribution < 1.29 is 138 Å². The number of esters is 1. The highest BCUT2D eigenvalue weighted by atomic mass is 16.6. The molecule has 0 aliphatic carbocycles. The number of carboxylic acid groups (broad SMARTS) is 1. The maximum absolute atomic E-state index is 11.6. The molecule has 520 valence electrons. The smallest absolute Gasteiger partial charge is 0.308 e. The third kappa shape index (κ3) is 81.9. The minimum Gasteiger partial charge on any atom is -0.481 e. The van der Waals surface area contributed by atoms with Crippen LogP contribution in [-0.4, -0.2) is 353 Å². The largest absolute Gasteiger partial charge is 0.481 e. The van der Waals surface area contributed by atoms with Crippen LogP contribution in [0, 0.1) is 0 Å². The van der Waals surface area contributed by atoms with E-state index in [0.29, 0.717) is 324 Å². The van der Waals surface area contributed by atoms with Crippen LogP contribution in [0.2, 0.25) is 0 Å². The summed E-state index contributed by atoms with van der Waals surface area (Å²) in [6.07, 6.45) is 0.211. The molecular formula is C58H114O29. The summed E-state index contributed by atoms with van der Waals surface area (Å²) < 4.78 is 142. The molecule has 0 radical (unpaired) electrons. The third-order valence-corrected chi connectivity index (χ3v) is 10.3. The summed E-state index contributed by atoms with van der Waals surface area (Å²) in [6, 6.07) is 0. The van der Waals surface area contributed by atoms with E-state index in [9.17, 15) is 9.59 Å². The normalized spacial score (nSPS) is 11.9. The summed E-state index contributed by atoms with van der Waals surface area (Å²) in [4.78, 5) is 22.0. The number of hydrogen-bond donors (Lipinski definition) is 1. The van der Waals surface area contributed by atoms with Crippen molar-refractivity contribution in [2.45, 2.75) is 39.2 Å². The lowest BCUT2D eigenvalue weighted by atomic mass is 10.2. The Bertz CT molecular complexity index is 1330. The number of carboxylic acids is 1. The molecule has 0 fully saturated rings. The Kier molecular flexibility index (Phi) is 72.9. The lowest BCUT2D eigenvalue weighted by Crippen LogP contribution is -2.24. The molecule has 0 aromatic heterocycles. The van der Waals surface area contributed by atoms with Crippen LogP contribution in [0.4, 0.5) is 0 Å². The first kappa shape index (κ1) is 84.9. The van der Waals surface area contributed by atoms with Gasteiger partial charge in [0.05, 0.1) is 343 Å². The van der Waals surface area contributed by atoms with Crippen LogP contribution in [0.1, 0.15) is 33.6 Å². The molecule has 0 rings (SSSR count). The van der Waals surface area contributed by atoms with E-state index in [-0.39, 0.29) is 25.4 Å². The molecule has 0 aliphatic rings. The van der Waals surface area contributed by atoms with Crippen molar-refractivity contribution in [1.29, 1.82) is 0 Å². The van der Waals surface area contributed by atoms with Crippen molar-refractivity contribution in [1.82, 2.24) is 0 Å².